The fraction of sp³-hybridized carbons (Fsp3) is 0.214. The van der Waals surface area contributed by atoms with E-state index in [-0.39, 0.29) is 5.97 Å². The third-order valence-corrected chi connectivity index (χ3v) is 2.54. The van der Waals surface area contributed by atoms with Crippen LogP contribution in [0.5, 0.6) is 0 Å². The largest absolute Gasteiger partial charge is 0.461 e. The molecule has 0 unspecified atom stereocenters. The normalized spacial score (nSPS) is 10.2. The fourth-order valence-electron chi connectivity index (χ4n) is 1.62. The SMILES string of the molecule is CCOC(=O)c1ccc(-c2ccc(C)cc2)[nH]1. The lowest BCUT2D eigenvalue weighted by Crippen LogP contribution is -2.04. The highest BCUT2D eigenvalue weighted by Crippen LogP contribution is 2.19. The van der Waals surface area contributed by atoms with Gasteiger partial charge in [0.2, 0.25) is 0 Å². The summed E-state index contributed by atoms with van der Waals surface area (Å²) in [5.41, 5.74) is 3.69. The molecule has 0 bridgehead atoms. The maximum absolute atomic E-state index is 11.5. The van der Waals surface area contributed by atoms with Gasteiger partial charge in [-0.2, -0.15) is 0 Å². The van der Waals surface area contributed by atoms with E-state index in [0.717, 1.165) is 11.3 Å². The van der Waals surface area contributed by atoms with Crippen molar-refractivity contribution in [3.63, 3.8) is 0 Å². The molecule has 0 amide bonds. The van der Waals surface area contributed by atoms with E-state index in [9.17, 15) is 4.79 Å². The van der Waals surface area contributed by atoms with E-state index >= 15 is 0 Å². The lowest BCUT2D eigenvalue weighted by atomic mass is 10.1. The van der Waals surface area contributed by atoms with Crippen molar-refractivity contribution in [2.75, 3.05) is 6.61 Å². The summed E-state index contributed by atoms with van der Waals surface area (Å²) in [7, 11) is 0. The first-order chi connectivity index (χ1) is 8.20. The van der Waals surface area contributed by atoms with E-state index in [1.807, 2.05) is 37.3 Å². The van der Waals surface area contributed by atoms with Crippen LogP contribution in [0.2, 0.25) is 0 Å². The second kappa shape index (κ2) is 4.87. The summed E-state index contributed by atoms with van der Waals surface area (Å²) in [5, 5.41) is 0. The molecule has 0 fully saturated rings. The number of aromatic nitrogens is 1. The minimum Gasteiger partial charge on any atom is -0.461 e. The Morgan fingerprint density at radius 1 is 1.18 bits per heavy atom. The van der Waals surface area contributed by atoms with Crippen molar-refractivity contribution in [2.24, 2.45) is 0 Å². The van der Waals surface area contributed by atoms with Gasteiger partial charge in [-0.3, -0.25) is 0 Å². The average Bonchev–Trinajstić information content (AvgIpc) is 2.80. The standard InChI is InChI=1S/C14H15NO2/c1-3-17-14(16)13-9-8-12(15-13)11-6-4-10(2)5-7-11/h4-9,15H,3H2,1-2H3. The predicted molar refractivity (Wildman–Crippen MR) is 66.9 cm³/mol. The van der Waals surface area contributed by atoms with Crippen molar-refractivity contribution in [1.82, 2.24) is 4.98 Å². The van der Waals surface area contributed by atoms with E-state index in [1.54, 1.807) is 13.0 Å². The number of nitrogens with one attached hydrogen (secondary N) is 1. The highest BCUT2D eigenvalue weighted by Gasteiger charge is 2.09. The molecule has 1 heterocycles. The maximum atomic E-state index is 11.5. The number of esters is 1. The van der Waals surface area contributed by atoms with Crippen molar-refractivity contribution in [3.05, 3.63) is 47.7 Å². The number of rotatable bonds is 3. The van der Waals surface area contributed by atoms with Crippen molar-refractivity contribution >= 4 is 5.97 Å². The number of aromatic amines is 1. The molecule has 17 heavy (non-hydrogen) atoms. The first kappa shape index (κ1) is 11.5. The van der Waals surface area contributed by atoms with Crippen LogP contribution in [0, 0.1) is 6.92 Å². The first-order valence-electron chi connectivity index (χ1n) is 5.64. The zero-order valence-electron chi connectivity index (χ0n) is 9.99. The number of hydrogen-bond acceptors (Lipinski definition) is 2. The maximum Gasteiger partial charge on any atom is 0.354 e. The Bertz CT molecular complexity index is 511. The van der Waals surface area contributed by atoms with Crippen molar-refractivity contribution in [3.8, 4) is 11.3 Å². The number of aryl methyl sites for hydroxylation is 1. The molecule has 0 aliphatic carbocycles. The first-order valence-corrected chi connectivity index (χ1v) is 5.64. The van der Waals surface area contributed by atoms with E-state index in [4.69, 9.17) is 4.74 Å². The second-order valence-corrected chi connectivity index (χ2v) is 3.87. The molecule has 1 N–H and O–H groups in total. The second-order valence-electron chi connectivity index (χ2n) is 3.87. The van der Waals surface area contributed by atoms with E-state index in [2.05, 4.69) is 4.98 Å². The Kier molecular flexibility index (Phi) is 3.28. The predicted octanol–water partition coefficient (Wildman–Crippen LogP) is 3.17. The Hall–Kier alpha value is -2.03. The van der Waals surface area contributed by atoms with Crippen molar-refractivity contribution < 1.29 is 9.53 Å². The fourth-order valence-corrected chi connectivity index (χ4v) is 1.62. The summed E-state index contributed by atoms with van der Waals surface area (Å²) in [4.78, 5) is 14.5. The summed E-state index contributed by atoms with van der Waals surface area (Å²) >= 11 is 0. The Balaban J connectivity index is 2.23. The molecule has 0 aliphatic rings. The number of carbonyl (C=O) groups is 1. The van der Waals surface area contributed by atoms with Crippen LogP contribution in [0.25, 0.3) is 11.3 Å². The van der Waals surface area contributed by atoms with Gasteiger partial charge in [-0.05, 0) is 31.5 Å². The number of benzene rings is 1. The molecule has 0 spiro atoms. The average molecular weight is 229 g/mol. The van der Waals surface area contributed by atoms with Gasteiger partial charge in [-0.15, -0.1) is 0 Å². The molecule has 0 saturated carbocycles. The highest BCUT2D eigenvalue weighted by molar-refractivity contribution is 5.88. The van der Waals surface area contributed by atoms with Crippen LogP contribution in [0.3, 0.4) is 0 Å². The van der Waals surface area contributed by atoms with E-state index < -0.39 is 0 Å². The Labute approximate surface area is 100 Å². The molecule has 0 atom stereocenters. The smallest absolute Gasteiger partial charge is 0.354 e. The van der Waals surface area contributed by atoms with Crippen LogP contribution in [-0.2, 0) is 4.74 Å². The van der Waals surface area contributed by atoms with Crippen LogP contribution in [0.1, 0.15) is 23.0 Å². The van der Waals surface area contributed by atoms with Crippen LogP contribution in [-0.4, -0.2) is 17.6 Å². The van der Waals surface area contributed by atoms with E-state index in [1.165, 1.54) is 5.56 Å². The summed E-state index contributed by atoms with van der Waals surface area (Å²) < 4.78 is 4.93. The Morgan fingerprint density at radius 2 is 1.88 bits per heavy atom. The zero-order chi connectivity index (χ0) is 12.3. The van der Waals surface area contributed by atoms with Gasteiger partial charge >= 0.3 is 5.97 Å². The minimum absolute atomic E-state index is 0.314. The molecule has 3 nitrogen and oxygen atoms in total. The number of carbonyl (C=O) groups excluding carboxylic acids is 1. The minimum atomic E-state index is -0.314. The lowest BCUT2D eigenvalue weighted by molar-refractivity contribution is 0.0520. The molecular weight excluding hydrogens is 214 g/mol. The summed E-state index contributed by atoms with van der Waals surface area (Å²) in [6.07, 6.45) is 0. The van der Waals surface area contributed by atoms with Gasteiger partial charge in [-0.25, -0.2) is 4.79 Å². The van der Waals surface area contributed by atoms with Crippen LogP contribution in [0.4, 0.5) is 0 Å². The number of H-pyrrole nitrogens is 1. The molecular formula is C14H15NO2. The lowest BCUT2D eigenvalue weighted by Gasteiger charge is -2.00. The molecule has 0 aliphatic heterocycles. The monoisotopic (exact) mass is 229 g/mol. The highest BCUT2D eigenvalue weighted by atomic mass is 16.5. The van der Waals surface area contributed by atoms with Gasteiger partial charge in [0, 0.05) is 5.69 Å². The van der Waals surface area contributed by atoms with Crippen LogP contribution < -0.4 is 0 Å². The van der Waals surface area contributed by atoms with Gasteiger partial charge in [0.25, 0.3) is 0 Å². The van der Waals surface area contributed by atoms with Gasteiger partial charge in [0.05, 0.1) is 6.61 Å². The molecule has 0 saturated heterocycles. The van der Waals surface area contributed by atoms with Gasteiger partial charge < -0.3 is 9.72 Å². The molecule has 0 radical (unpaired) electrons. The van der Waals surface area contributed by atoms with E-state index in [0.29, 0.717) is 12.3 Å². The summed E-state index contributed by atoms with van der Waals surface area (Å²) in [6, 6.07) is 11.8. The summed E-state index contributed by atoms with van der Waals surface area (Å²) in [5.74, 6) is -0.314. The third-order valence-electron chi connectivity index (χ3n) is 2.54. The molecule has 2 rings (SSSR count). The molecule has 1 aromatic carbocycles. The summed E-state index contributed by atoms with van der Waals surface area (Å²) in [6.45, 7) is 4.22. The molecule has 88 valence electrons. The van der Waals surface area contributed by atoms with Gasteiger partial charge in [-0.1, -0.05) is 29.8 Å². The van der Waals surface area contributed by atoms with Gasteiger partial charge in [0.1, 0.15) is 5.69 Å². The van der Waals surface area contributed by atoms with Crippen LogP contribution in [0.15, 0.2) is 36.4 Å². The van der Waals surface area contributed by atoms with Crippen LogP contribution >= 0.6 is 0 Å². The quantitative estimate of drug-likeness (QED) is 0.821. The third kappa shape index (κ3) is 2.56. The van der Waals surface area contributed by atoms with Crippen molar-refractivity contribution in [1.29, 1.82) is 0 Å². The van der Waals surface area contributed by atoms with Gasteiger partial charge in [0.15, 0.2) is 0 Å². The zero-order valence-corrected chi connectivity index (χ0v) is 9.99. The van der Waals surface area contributed by atoms with Crippen molar-refractivity contribution in [2.45, 2.75) is 13.8 Å². The molecule has 2 aromatic rings. The topological polar surface area (TPSA) is 42.1 Å². The molecule has 1 aromatic heterocycles. The number of hydrogen-bond donors (Lipinski definition) is 1. The number of ether oxygens (including phenoxy) is 1. The Morgan fingerprint density at radius 3 is 2.53 bits per heavy atom. The molecule has 3 heteroatoms.